The number of hydrogen-bond acceptors (Lipinski definition) is 5. The van der Waals surface area contributed by atoms with Gasteiger partial charge in [0.15, 0.2) is 0 Å². The van der Waals surface area contributed by atoms with Crippen molar-refractivity contribution in [3.8, 4) is 11.3 Å². The van der Waals surface area contributed by atoms with Gasteiger partial charge in [-0.1, -0.05) is 48.5 Å². The van der Waals surface area contributed by atoms with Gasteiger partial charge in [-0.15, -0.1) is 0 Å². The van der Waals surface area contributed by atoms with Gasteiger partial charge in [0.05, 0.1) is 16.1 Å². The minimum Gasteiger partial charge on any atom is -0.373 e. The molecular formula is C22H18N4O2. The van der Waals surface area contributed by atoms with Gasteiger partial charge in [-0.05, 0) is 30.7 Å². The lowest BCUT2D eigenvalue weighted by molar-refractivity contribution is -0.384. The molecule has 0 aliphatic heterocycles. The van der Waals surface area contributed by atoms with Crippen LogP contribution in [0.25, 0.3) is 22.2 Å². The predicted octanol–water partition coefficient (Wildman–Crippen LogP) is 5.38. The number of pyridine rings is 2. The summed E-state index contributed by atoms with van der Waals surface area (Å²) in [5, 5.41) is 15.7. The summed E-state index contributed by atoms with van der Waals surface area (Å²) in [7, 11) is 0. The number of nitrogens with zero attached hydrogens (tertiary/aromatic N) is 3. The summed E-state index contributed by atoms with van der Waals surface area (Å²) >= 11 is 0. The van der Waals surface area contributed by atoms with Gasteiger partial charge >= 0.3 is 5.69 Å². The Morgan fingerprint density at radius 1 is 1.00 bits per heavy atom. The van der Waals surface area contributed by atoms with Crippen molar-refractivity contribution in [3.63, 3.8) is 0 Å². The molecule has 0 bridgehead atoms. The molecule has 0 aliphatic carbocycles. The average Bonchev–Trinajstić information content (AvgIpc) is 2.73. The molecule has 2 aromatic heterocycles. The number of nitro groups is 1. The quantitative estimate of drug-likeness (QED) is 0.377. The Morgan fingerprint density at radius 2 is 1.82 bits per heavy atom. The lowest BCUT2D eigenvalue weighted by atomic mass is 10.0. The van der Waals surface area contributed by atoms with Crippen molar-refractivity contribution in [1.29, 1.82) is 0 Å². The molecule has 1 N–H and O–H groups in total. The molecule has 6 heteroatoms. The zero-order valence-electron chi connectivity index (χ0n) is 15.2. The van der Waals surface area contributed by atoms with Crippen LogP contribution in [0.2, 0.25) is 0 Å². The van der Waals surface area contributed by atoms with Gasteiger partial charge in [0.2, 0.25) is 0 Å². The fourth-order valence-corrected chi connectivity index (χ4v) is 3.24. The fraction of sp³-hybridized carbons (Fsp3) is 0.0909. The smallest absolute Gasteiger partial charge is 0.310 e. The van der Waals surface area contributed by atoms with Crippen LogP contribution < -0.4 is 5.32 Å². The average molecular weight is 370 g/mol. The maximum Gasteiger partial charge on any atom is 0.310 e. The SMILES string of the molecule is C[C@H](Nc1cc(-c2cccc3ncccc23)ncc1[N+](=O)[O-])c1ccccc1. The normalized spacial score (nSPS) is 11.9. The van der Waals surface area contributed by atoms with Crippen molar-refractivity contribution in [1.82, 2.24) is 9.97 Å². The Morgan fingerprint density at radius 3 is 2.61 bits per heavy atom. The fourth-order valence-electron chi connectivity index (χ4n) is 3.24. The Kier molecular flexibility index (Phi) is 4.68. The highest BCUT2D eigenvalue weighted by atomic mass is 16.6. The van der Waals surface area contributed by atoms with Gasteiger partial charge in [-0.2, -0.15) is 0 Å². The summed E-state index contributed by atoms with van der Waals surface area (Å²) in [5.41, 5.74) is 3.83. The highest BCUT2D eigenvalue weighted by Crippen LogP contribution is 2.33. The van der Waals surface area contributed by atoms with Gasteiger partial charge < -0.3 is 5.32 Å². The highest BCUT2D eigenvalue weighted by Gasteiger charge is 2.19. The molecule has 138 valence electrons. The number of benzene rings is 2. The zero-order valence-corrected chi connectivity index (χ0v) is 15.2. The highest BCUT2D eigenvalue weighted by molar-refractivity contribution is 5.94. The predicted molar refractivity (Wildman–Crippen MR) is 110 cm³/mol. The van der Waals surface area contributed by atoms with E-state index >= 15 is 0 Å². The summed E-state index contributed by atoms with van der Waals surface area (Å²) in [6, 6.07) is 21.1. The van der Waals surface area contributed by atoms with Gasteiger partial charge in [0.25, 0.3) is 0 Å². The number of rotatable bonds is 5. The summed E-state index contributed by atoms with van der Waals surface area (Å²) in [6.07, 6.45) is 3.05. The molecule has 0 fully saturated rings. The number of fused-ring (bicyclic) bond motifs is 1. The van der Waals surface area contributed by atoms with Crippen LogP contribution in [-0.2, 0) is 0 Å². The molecule has 6 nitrogen and oxygen atoms in total. The lowest BCUT2D eigenvalue weighted by Crippen LogP contribution is -2.09. The van der Waals surface area contributed by atoms with Crippen molar-refractivity contribution in [2.75, 3.05) is 5.32 Å². The topological polar surface area (TPSA) is 81.0 Å². The first-order valence-electron chi connectivity index (χ1n) is 8.93. The molecule has 0 aliphatic rings. The molecule has 1 atom stereocenters. The second-order valence-corrected chi connectivity index (χ2v) is 6.50. The number of hydrogen-bond donors (Lipinski definition) is 1. The van der Waals surface area contributed by atoms with Crippen LogP contribution in [-0.4, -0.2) is 14.9 Å². The Labute approximate surface area is 162 Å². The second kappa shape index (κ2) is 7.44. The van der Waals surface area contributed by atoms with Crippen molar-refractivity contribution < 1.29 is 4.92 Å². The third kappa shape index (κ3) is 3.40. The number of aromatic nitrogens is 2. The van der Waals surface area contributed by atoms with Crippen LogP contribution in [0, 0.1) is 10.1 Å². The van der Waals surface area contributed by atoms with E-state index in [0.29, 0.717) is 11.4 Å². The van der Waals surface area contributed by atoms with Crippen molar-refractivity contribution in [2.24, 2.45) is 0 Å². The molecule has 4 rings (SSSR count). The van der Waals surface area contributed by atoms with E-state index in [9.17, 15) is 10.1 Å². The maximum absolute atomic E-state index is 11.5. The Hall–Kier alpha value is -3.80. The largest absolute Gasteiger partial charge is 0.373 e. The van der Waals surface area contributed by atoms with Crippen molar-refractivity contribution in [2.45, 2.75) is 13.0 Å². The Bertz CT molecular complexity index is 1140. The molecule has 0 unspecified atom stereocenters. The van der Waals surface area contributed by atoms with E-state index < -0.39 is 4.92 Å². The minimum absolute atomic E-state index is 0.0510. The van der Waals surface area contributed by atoms with E-state index in [-0.39, 0.29) is 11.7 Å². The van der Waals surface area contributed by atoms with E-state index in [1.165, 1.54) is 6.20 Å². The van der Waals surface area contributed by atoms with Crippen molar-refractivity contribution >= 4 is 22.3 Å². The Balaban J connectivity index is 1.78. The van der Waals surface area contributed by atoms with Gasteiger partial charge in [-0.25, -0.2) is 4.98 Å². The first kappa shape index (κ1) is 17.6. The van der Waals surface area contributed by atoms with Crippen LogP contribution in [0.3, 0.4) is 0 Å². The van der Waals surface area contributed by atoms with Crippen LogP contribution in [0.15, 0.2) is 79.1 Å². The monoisotopic (exact) mass is 370 g/mol. The molecule has 2 aromatic carbocycles. The number of nitrogens with one attached hydrogen (secondary N) is 1. The molecule has 0 saturated heterocycles. The minimum atomic E-state index is -0.415. The van der Waals surface area contributed by atoms with Gasteiger partial charge in [0.1, 0.15) is 11.9 Å². The zero-order chi connectivity index (χ0) is 19.5. The van der Waals surface area contributed by atoms with E-state index in [0.717, 1.165) is 22.0 Å². The summed E-state index contributed by atoms with van der Waals surface area (Å²) in [4.78, 5) is 19.8. The molecule has 4 aromatic rings. The lowest BCUT2D eigenvalue weighted by Gasteiger charge is -2.16. The third-order valence-corrected chi connectivity index (χ3v) is 4.67. The van der Waals surface area contributed by atoms with Gasteiger partial charge in [0, 0.05) is 23.2 Å². The standard InChI is InChI=1S/C22H18N4O2/c1-15(16-7-3-2-4-8-16)25-21-13-20(24-14-22(21)26(27)28)18-9-5-11-19-17(18)10-6-12-23-19/h2-15H,1H3,(H,24,25)/t15-/m0/s1. The van der Waals surface area contributed by atoms with Crippen LogP contribution >= 0.6 is 0 Å². The molecule has 0 amide bonds. The van der Waals surface area contributed by atoms with Crippen LogP contribution in [0.1, 0.15) is 18.5 Å². The molecule has 0 spiro atoms. The summed E-state index contributed by atoms with van der Waals surface area (Å²) in [6.45, 7) is 1.97. The molecule has 0 radical (unpaired) electrons. The maximum atomic E-state index is 11.5. The summed E-state index contributed by atoms with van der Waals surface area (Å²) in [5.74, 6) is 0. The molecular weight excluding hydrogens is 352 g/mol. The van der Waals surface area contributed by atoms with E-state index in [1.807, 2.05) is 67.6 Å². The molecule has 28 heavy (non-hydrogen) atoms. The first-order valence-corrected chi connectivity index (χ1v) is 8.93. The van der Waals surface area contributed by atoms with E-state index in [1.54, 1.807) is 12.3 Å². The van der Waals surface area contributed by atoms with Crippen LogP contribution in [0.4, 0.5) is 11.4 Å². The van der Waals surface area contributed by atoms with Gasteiger partial charge in [-0.3, -0.25) is 15.1 Å². The summed E-state index contributed by atoms with van der Waals surface area (Å²) < 4.78 is 0. The third-order valence-electron chi connectivity index (χ3n) is 4.67. The molecule has 2 heterocycles. The second-order valence-electron chi connectivity index (χ2n) is 6.50. The van der Waals surface area contributed by atoms with Crippen LogP contribution in [0.5, 0.6) is 0 Å². The van der Waals surface area contributed by atoms with Crippen molar-refractivity contribution in [3.05, 3.63) is 94.8 Å². The van der Waals surface area contributed by atoms with E-state index in [4.69, 9.17) is 0 Å². The number of anilines is 1. The molecule has 0 saturated carbocycles. The first-order chi connectivity index (χ1) is 13.6. The van der Waals surface area contributed by atoms with E-state index in [2.05, 4.69) is 15.3 Å².